The lowest BCUT2D eigenvalue weighted by molar-refractivity contribution is -0.129. The van der Waals surface area contributed by atoms with Crippen molar-refractivity contribution in [2.24, 2.45) is 4.99 Å². The SMILES string of the molecule is CCOc1cc(/C=C2\N=C(c3ccc(Br)cc3)OC2=O)ccc1OCc1ccc(C)cc1. The molecule has 0 saturated carbocycles. The smallest absolute Gasteiger partial charge is 0.363 e. The molecular formula is C26H22BrNO4. The minimum absolute atomic E-state index is 0.235. The average Bonchev–Trinajstić information content (AvgIpc) is 3.15. The summed E-state index contributed by atoms with van der Waals surface area (Å²) in [5.41, 5.74) is 4.02. The molecule has 1 aliphatic heterocycles. The van der Waals surface area contributed by atoms with Crippen LogP contribution in [0.3, 0.4) is 0 Å². The highest BCUT2D eigenvalue weighted by molar-refractivity contribution is 9.10. The third-order valence-corrected chi connectivity index (χ3v) is 5.33. The summed E-state index contributed by atoms with van der Waals surface area (Å²) in [5.74, 6) is 1.05. The van der Waals surface area contributed by atoms with Gasteiger partial charge in [-0.3, -0.25) is 0 Å². The van der Waals surface area contributed by atoms with Gasteiger partial charge in [-0.25, -0.2) is 9.79 Å². The van der Waals surface area contributed by atoms with Crippen molar-refractivity contribution in [3.05, 3.63) is 99.2 Å². The molecule has 0 fully saturated rings. The first-order valence-corrected chi connectivity index (χ1v) is 11.0. The van der Waals surface area contributed by atoms with Crippen LogP contribution in [0.2, 0.25) is 0 Å². The molecule has 0 spiro atoms. The first-order valence-electron chi connectivity index (χ1n) is 10.3. The number of hydrogen-bond donors (Lipinski definition) is 0. The lowest BCUT2D eigenvalue weighted by Gasteiger charge is -2.13. The first-order chi connectivity index (χ1) is 15.5. The number of aliphatic imine (C=N–C) groups is 1. The van der Waals surface area contributed by atoms with Crippen LogP contribution >= 0.6 is 15.9 Å². The van der Waals surface area contributed by atoms with Gasteiger partial charge < -0.3 is 14.2 Å². The quantitative estimate of drug-likeness (QED) is 0.296. The molecule has 0 N–H and O–H groups in total. The standard InChI is InChI=1S/C26H22BrNO4/c1-3-30-24-15-19(8-13-23(24)31-16-18-6-4-17(2)5-7-18)14-22-26(29)32-25(28-22)20-9-11-21(27)12-10-20/h4-15H,3,16H2,1-2H3/b22-14-. The van der Waals surface area contributed by atoms with Crippen LogP contribution in [0.4, 0.5) is 0 Å². The third kappa shape index (κ3) is 5.26. The molecule has 0 saturated heterocycles. The Kier molecular flexibility index (Phi) is 6.71. The number of benzene rings is 3. The van der Waals surface area contributed by atoms with Gasteiger partial charge in [0.1, 0.15) is 6.61 Å². The van der Waals surface area contributed by atoms with E-state index in [4.69, 9.17) is 14.2 Å². The number of esters is 1. The zero-order chi connectivity index (χ0) is 22.5. The van der Waals surface area contributed by atoms with Crippen LogP contribution in [-0.2, 0) is 16.1 Å². The maximum atomic E-state index is 12.3. The molecule has 0 radical (unpaired) electrons. The van der Waals surface area contributed by atoms with Gasteiger partial charge in [-0.15, -0.1) is 0 Å². The summed E-state index contributed by atoms with van der Waals surface area (Å²) in [6.45, 7) is 4.90. The van der Waals surface area contributed by atoms with E-state index in [0.29, 0.717) is 24.7 Å². The van der Waals surface area contributed by atoms with Crippen molar-refractivity contribution in [1.29, 1.82) is 0 Å². The number of aryl methyl sites for hydroxylation is 1. The topological polar surface area (TPSA) is 57.1 Å². The molecule has 0 bridgehead atoms. The molecule has 6 heteroatoms. The maximum Gasteiger partial charge on any atom is 0.363 e. The Bertz CT molecular complexity index is 1180. The molecule has 3 aromatic carbocycles. The van der Waals surface area contributed by atoms with Crippen LogP contribution in [0.15, 0.2) is 81.9 Å². The van der Waals surface area contributed by atoms with Gasteiger partial charge in [0.05, 0.1) is 6.61 Å². The predicted molar refractivity (Wildman–Crippen MR) is 128 cm³/mol. The number of cyclic esters (lactones) is 1. The van der Waals surface area contributed by atoms with E-state index in [1.54, 1.807) is 6.08 Å². The first kappa shape index (κ1) is 21.8. The Morgan fingerprint density at radius 1 is 0.969 bits per heavy atom. The summed E-state index contributed by atoms with van der Waals surface area (Å²) >= 11 is 3.39. The normalized spacial score (nSPS) is 14.3. The monoisotopic (exact) mass is 491 g/mol. The zero-order valence-corrected chi connectivity index (χ0v) is 19.4. The fourth-order valence-corrected chi connectivity index (χ4v) is 3.39. The van der Waals surface area contributed by atoms with Gasteiger partial charge in [-0.05, 0) is 67.4 Å². The van der Waals surface area contributed by atoms with Crippen molar-refractivity contribution in [2.45, 2.75) is 20.5 Å². The highest BCUT2D eigenvalue weighted by atomic mass is 79.9. The van der Waals surface area contributed by atoms with Crippen molar-refractivity contribution in [2.75, 3.05) is 6.61 Å². The molecule has 4 rings (SSSR count). The number of carbonyl (C=O) groups is 1. The van der Waals surface area contributed by atoms with Crippen LogP contribution in [0.25, 0.3) is 6.08 Å². The van der Waals surface area contributed by atoms with Crippen molar-refractivity contribution >= 4 is 33.9 Å². The molecule has 162 valence electrons. The highest BCUT2D eigenvalue weighted by Gasteiger charge is 2.24. The fourth-order valence-electron chi connectivity index (χ4n) is 3.13. The highest BCUT2D eigenvalue weighted by Crippen LogP contribution is 2.31. The average molecular weight is 492 g/mol. The van der Waals surface area contributed by atoms with E-state index in [1.165, 1.54) is 5.56 Å². The molecule has 0 unspecified atom stereocenters. The van der Waals surface area contributed by atoms with E-state index in [1.807, 2.05) is 61.5 Å². The number of nitrogens with zero attached hydrogens (tertiary/aromatic N) is 1. The van der Waals surface area contributed by atoms with Gasteiger partial charge in [-0.1, -0.05) is 51.8 Å². The summed E-state index contributed by atoms with van der Waals surface area (Å²) in [7, 11) is 0. The predicted octanol–water partition coefficient (Wildman–Crippen LogP) is 6.08. The second kappa shape index (κ2) is 9.83. The molecule has 0 aromatic heterocycles. The molecule has 32 heavy (non-hydrogen) atoms. The van der Waals surface area contributed by atoms with Gasteiger partial charge in [0.25, 0.3) is 0 Å². The number of ether oxygens (including phenoxy) is 3. The molecule has 0 atom stereocenters. The second-order valence-electron chi connectivity index (χ2n) is 7.26. The van der Waals surface area contributed by atoms with Gasteiger partial charge in [0, 0.05) is 10.0 Å². The summed E-state index contributed by atoms with van der Waals surface area (Å²) < 4.78 is 18.0. The van der Waals surface area contributed by atoms with Crippen molar-refractivity contribution in [3.63, 3.8) is 0 Å². The van der Waals surface area contributed by atoms with Crippen LogP contribution in [0.5, 0.6) is 11.5 Å². The van der Waals surface area contributed by atoms with E-state index < -0.39 is 5.97 Å². The van der Waals surface area contributed by atoms with E-state index in [2.05, 4.69) is 40.0 Å². The van der Waals surface area contributed by atoms with E-state index in [-0.39, 0.29) is 11.6 Å². The number of carbonyl (C=O) groups excluding carboxylic acids is 1. The van der Waals surface area contributed by atoms with Crippen molar-refractivity contribution in [3.8, 4) is 11.5 Å². The van der Waals surface area contributed by atoms with Crippen LogP contribution in [-0.4, -0.2) is 18.5 Å². The zero-order valence-electron chi connectivity index (χ0n) is 17.8. The molecule has 1 aliphatic rings. The molecule has 0 aliphatic carbocycles. The lowest BCUT2D eigenvalue weighted by atomic mass is 10.1. The molecule has 1 heterocycles. The summed E-state index contributed by atoms with van der Waals surface area (Å²) in [6, 6.07) is 21.2. The van der Waals surface area contributed by atoms with Crippen molar-refractivity contribution < 1.29 is 19.0 Å². The molecule has 3 aromatic rings. The van der Waals surface area contributed by atoms with Crippen molar-refractivity contribution in [1.82, 2.24) is 0 Å². The minimum atomic E-state index is -0.486. The molecular weight excluding hydrogens is 470 g/mol. The van der Waals surface area contributed by atoms with Gasteiger partial charge in [0.15, 0.2) is 17.2 Å². The largest absolute Gasteiger partial charge is 0.490 e. The molecule has 5 nitrogen and oxygen atoms in total. The number of rotatable bonds is 7. The van der Waals surface area contributed by atoms with E-state index in [9.17, 15) is 4.79 Å². The minimum Gasteiger partial charge on any atom is -0.490 e. The summed E-state index contributed by atoms with van der Waals surface area (Å²) in [6.07, 6.45) is 1.68. The van der Waals surface area contributed by atoms with Gasteiger partial charge in [-0.2, -0.15) is 0 Å². The Hall–Kier alpha value is -3.38. The van der Waals surface area contributed by atoms with Crippen LogP contribution in [0.1, 0.15) is 29.2 Å². The second-order valence-corrected chi connectivity index (χ2v) is 8.17. The number of halogens is 1. The van der Waals surface area contributed by atoms with E-state index >= 15 is 0 Å². The molecule has 0 amide bonds. The van der Waals surface area contributed by atoms with Gasteiger partial charge >= 0.3 is 5.97 Å². The lowest BCUT2D eigenvalue weighted by Crippen LogP contribution is -2.05. The third-order valence-electron chi connectivity index (χ3n) is 4.80. The number of hydrogen-bond acceptors (Lipinski definition) is 5. The Morgan fingerprint density at radius 3 is 2.44 bits per heavy atom. The Balaban J connectivity index is 1.54. The fraction of sp³-hybridized carbons (Fsp3) is 0.154. The van der Waals surface area contributed by atoms with E-state index in [0.717, 1.165) is 21.2 Å². The van der Waals surface area contributed by atoms with Crippen LogP contribution in [0, 0.1) is 6.92 Å². The van der Waals surface area contributed by atoms with Crippen LogP contribution < -0.4 is 9.47 Å². The summed E-state index contributed by atoms with van der Waals surface area (Å²) in [5, 5.41) is 0. The summed E-state index contributed by atoms with van der Waals surface area (Å²) in [4.78, 5) is 16.7. The maximum absolute atomic E-state index is 12.3. The Morgan fingerprint density at radius 2 is 1.72 bits per heavy atom. The Labute approximate surface area is 195 Å². The van der Waals surface area contributed by atoms with Gasteiger partial charge in [0.2, 0.25) is 5.90 Å².